The van der Waals surface area contributed by atoms with Crippen LogP contribution >= 0.6 is 13.4 Å². The van der Waals surface area contributed by atoms with E-state index in [2.05, 4.69) is 29.9 Å². The Balaban J connectivity index is 1.22. The van der Waals surface area contributed by atoms with Gasteiger partial charge in [-0.25, -0.2) is 29.9 Å². The summed E-state index contributed by atoms with van der Waals surface area (Å²) in [6.07, 6.45) is -4.46. The fourth-order valence-electron chi connectivity index (χ4n) is 5.40. The van der Waals surface area contributed by atoms with Gasteiger partial charge in [0, 0.05) is 0 Å². The highest BCUT2D eigenvalue weighted by Crippen LogP contribution is 2.54. The molecule has 4 aromatic rings. The van der Waals surface area contributed by atoms with Gasteiger partial charge in [0.25, 0.3) is 0 Å². The minimum atomic E-state index is -4.11. The van der Waals surface area contributed by atoms with Crippen molar-refractivity contribution in [3.8, 4) is 0 Å². The molecule has 0 amide bonds. The number of nitrogens with zero attached hydrogens (tertiary/aromatic N) is 8. The minimum Gasteiger partial charge on any atom is -0.387 e. The summed E-state index contributed by atoms with van der Waals surface area (Å²) in [5.41, 5.74) is 2.93. The van der Waals surface area contributed by atoms with Gasteiger partial charge in [0.1, 0.15) is 60.3 Å². The molecule has 0 aliphatic carbocycles. The van der Waals surface area contributed by atoms with E-state index in [9.17, 15) is 20.0 Å². The molecule has 18 nitrogen and oxygen atoms in total. The standard InChI is InChI=1S/C22H26N8O10P2S2/c1-9-13-19(25-5-23-9)29(7-27-13)21-17-15(31)11(37-21)3-35-42(34,44)40-18-16(32)12(4-36-41(33,43)39-17)38-22(18)30-8-28-14-10(2)24-6-26-20(14)30/h5-8,11-12,15-18,21-22,31-32H,3-4H2,1-2H3,(H,33,43)(H,34,44)/t11-,12-,15-,16-,17-,18-,21-,22?,41?,42?/m1/s1. The van der Waals surface area contributed by atoms with Crippen LogP contribution in [0.4, 0.5) is 0 Å². The third-order valence-electron chi connectivity index (χ3n) is 7.57. The molecule has 4 aromatic heterocycles. The Morgan fingerprint density at radius 1 is 0.705 bits per heavy atom. The number of aliphatic hydroxyl groups is 2. The highest BCUT2D eigenvalue weighted by Gasteiger charge is 2.52. The molecule has 7 rings (SSSR count). The highest BCUT2D eigenvalue weighted by atomic mass is 32.5. The zero-order valence-corrected chi connectivity index (χ0v) is 26.3. The van der Waals surface area contributed by atoms with E-state index in [1.54, 1.807) is 13.8 Å². The van der Waals surface area contributed by atoms with E-state index in [0.717, 1.165) is 0 Å². The van der Waals surface area contributed by atoms with Crippen LogP contribution in [0.3, 0.4) is 0 Å². The molecule has 3 aliphatic heterocycles. The minimum absolute atomic E-state index is 0.373. The third kappa shape index (κ3) is 5.41. The molecule has 3 saturated heterocycles. The monoisotopic (exact) mass is 688 g/mol. The number of aliphatic hydroxyl groups excluding tert-OH is 2. The number of aromatic nitrogens is 8. The first-order valence-electron chi connectivity index (χ1n) is 13.2. The maximum Gasteiger partial charge on any atom is 0.325 e. The van der Waals surface area contributed by atoms with Crippen LogP contribution in [0, 0.1) is 13.8 Å². The van der Waals surface area contributed by atoms with Crippen molar-refractivity contribution < 1.29 is 47.6 Å². The van der Waals surface area contributed by atoms with Gasteiger partial charge in [-0.3, -0.25) is 18.2 Å². The average molecular weight is 689 g/mol. The molecule has 4 N–H and O–H groups in total. The summed E-state index contributed by atoms with van der Waals surface area (Å²) < 4.78 is 38.0. The Morgan fingerprint density at radius 2 is 1.11 bits per heavy atom. The molecule has 0 saturated carbocycles. The maximum absolute atomic E-state index is 11.2. The van der Waals surface area contributed by atoms with Gasteiger partial charge in [0.05, 0.1) is 37.3 Å². The fraction of sp³-hybridized carbons (Fsp3) is 0.545. The van der Waals surface area contributed by atoms with Crippen molar-refractivity contribution >= 4 is 59.4 Å². The van der Waals surface area contributed by atoms with Crippen LogP contribution in [0.25, 0.3) is 22.3 Å². The number of hydrogen-bond acceptors (Lipinski definition) is 16. The van der Waals surface area contributed by atoms with Crippen molar-refractivity contribution in [2.45, 2.75) is 62.9 Å². The zero-order valence-electron chi connectivity index (χ0n) is 22.9. The molecule has 4 bridgehead atoms. The van der Waals surface area contributed by atoms with E-state index < -0.39 is 75.7 Å². The zero-order chi connectivity index (χ0) is 31.0. The second-order valence-corrected chi connectivity index (χ2v) is 15.9. The van der Waals surface area contributed by atoms with E-state index in [1.165, 1.54) is 34.4 Å². The normalized spacial score (nSPS) is 38.3. The molecular formula is C22H26N8O10P2S2. The first kappa shape index (κ1) is 30.6. The quantitative estimate of drug-likeness (QED) is 0.204. The van der Waals surface area contributed by atoms with E-state index in [-0.39, 0.29) is 0 Å². The number of hydrogen-bond donors (Lipinski definition) is 4. The second-order valence-electron chi connectivity index (χ2n) is 10.3. The van der Waals surface area contributed by atoms with Crippen LogP contribution in [-0.2, 0) is 51.2 Å². The molecule has 10 atom stereocenters. The van der Waals surface area contributed by atoms with E-state index >= 15 is 0 Å². The Hall–Kier alpha value is -2.00. The number of rotatable bonds is 2. The second kappa shape index (κ2) is 11.4. The Morgan fingerprint density at radius 3 is 1.52 bits per heavy atom. The van der Waals surface area contributed by atoms with Crippen molar-refractivity contribution in [1.29, 1.82) is 0 Å². The Labute approximate surface area is 258 Å². The Bertz CT molecular complexity index is 1700. The van der Waals surface area contributed by atoms with Gasteiger partial charge in [-0.05, 0) is 37.5 Å². The van der Waals surface area contributed by atoms with E-state index in [0.29, 0.717) is 33.7 Å². The largest absolute Gasteiger partial charge is 0.387 e. The van der Waals surface area contributed by atoms with Crippen LogP contribution in [-0.4, -0.2) is 109 Å². The molecule has 22 heteroatoms. The van der Waals surface area contributed by atoms with Gasteiger partial charge in [-0.1, -0.05) is 0 Å². The van der Waals surface area contributed by atoms with Crippen LogP contribution in [0.1, 0.15) is 23.8 Å². The van der Waals surface area contributed by atoms with Gasteiger partial charge >= 0.3 is 13.4 Å². The van der Waals surface area contributed by atoms with Crippen LogP contribution < -0.4 is 0 Å². The van der Waals surface area contributed by atoms with Crippen molar-refractivity contribution in [2.75, 3.05) is 13.2 Å². The first-order valence-corrected chi connectivity index (χ1v) is 18.4. The lowest BCUT2D eigenvalue weighted by Crippen LogP contribution is -2.38. The summed E-state index contributed by atoms with van der Waals surface area (Å²) >= 11 is 10.6. The molecular weight excluding hydrogens is 662 g/mol. The van der Waals surface area contributed by atoms with Crippen LogP contribution in [0.2, 0.25) is 0 Å². The average Bonchev–Trinajstić information content (AvgIpc) is 3.73. The first-order chi connectivity index (χ1) is 20.9. The molecule has 7 heterocycles. The lowest BCUT2D eigenvalue weighted by Gasteiger charge is -2.28. The molecule has 44 heavy (non-hydrogen) atoms. The van der Waals surface area contributed by atoms with Crippen molar-refractivity contribution in [3.63, 3.8) is 0 Å². The van der Waals surface area contributed by atoms with Crippen LogP contribution in [0.5, 0.6) is 0 Å². The van der Waals surface area contributed by atoms with E-state index in [1.807, 2.05) is 0 Å². The number of imidazole rings is 2. The molecule has 3 unspecified atom stereocenters. The number of ether oxygens (including phenoxy) is 2. The summed E-state index contributed by atoms with van der Waals surface area (Å²) in [6.45, 7) is -5.63. The predicted molar refractivity (Wildman–Crippen MR) is 155 cm³/mol. The molecule has 0 radical (unpaired) electrons. The smallest absolute Gasteiger partial charge is 0.325 e. The molecule has 3 fully saturated rings. The maximum atomic E-state index is 11.2. The fourth-order valence-corrected chi connectivity index (χ4v) is 8.23. The molecule has 0 aromatic carbocycles. The SMILES string of the molecule is Cc1ncnc2c1ncn2C1O[C@@H]2COP(O)(=S)O[C@@H]3[C@H](O)[C@@H](COP(O)(=S)O[C@@H]1[C@@H]2O)O[C@H]3n1cnc2c(C)ncnc21. The van der Waals surface area contributed by atoms with Crippen molar-refractivity contribution in [1.82, 2.24) is 39.0 Å². The lowest BCUT2D eigenvalue weighted by atomic mass is 10.1. The van der Waals surface area contributed by atoms with Gasteiger partial charge < -0.3 is 38.5 Å². The van der Waals surface area contributed by atoms with Gasteiger partial charge in [0.2, 0.25) is 0 Å². The van der Waals surface area contributed by atoms with Gasteiger partial charge in [0.15, 0.2) is 23.8 Å². The summed E-state index contributed by atoms with van der Waals surface area (Å²) in [5, 5.41) is 22.5. The lowest BCUT2D eigenvalue weighted by molar-refractivity contribution is -0.0615. The van der Waals surface area contributed by atoms with Crippen molar-refractivity contribution in [2.24, 2.45) is 0 Å². The van der Waals surface area contributed by atoms with Crippen LogP contribution in [0.15, 0.2) is 25.3 Å². The molecule has 3 aliphatic rings. The molecule has 0 spiro atoms. The summed E-state index contributed by atoms with van der Waals surface area (Å²) in [5.74, 6) is 0. The van der Waals surface area contributed by atoms with Crippen molar-refractivity contribution in [3.05, 3.63) is 36.7 Å². The van der Waals surface area contributed by atoms with Gasteiger partial charge in [-0.15, -0.1) is 0 Å². The predicted octanol–water partition coefficient (Wildman–Crippen LogP) is 0.0504. The summed E-state index contributed by atoms with van der Waals surface area (Å²) in [7, 11) is 0. The third-order valence-corrected chi connectivity index (χ3v) is 10.7. The molecule has 236 valence electrons. The number of aryl methyl sites for hydroxylation is 2. The summed E-state index contributed by atoms with van der Waals surface area (Å²) in [6, 6.07) is 0. The summed E-state index contributed by atoms with van der Waals surface area (Å²) in [4.78, 5) is 47.7. The highest BCUT2D eigenvalue weighted by molar-refractivity contribution is 8.07. The Kier molecular flexibility index (Phi) is 7.91. The van der Waals surface area contributed by atoms with E-state index in [4.69, 9.17) is 51.2 Å². The number of fused-ring (bicyclic) bond motifs is 6. The van der Waals surface area contributed by atoms with Gasteiger partial charge in [-0.2, -0.15) is 0 Å². The topological polar surface area (TPSA) is 223 Å².